The van der Waals surface area contributed by atoms with Gasteiger partial charge in [-0.2, -0.15) is 0 Å². The fraction of sp³-hybridized carbons (Fsp3) is 0.500. The SMILES string of the molecule is CC(C)(CCCCl)CNC(=O)Cc1noc2ccccc12. The van der Waals surface area contributed by atoms with Gasteiger partial charge in [0.05, 0.1) is 6.42 Å². The van der Waals surface area contributed by atoms with E-state index in [1.165, 1.54) is 0 Å². The van der Waals surface area contributed by atoms with Gasteiger partial charge in [-0.05, 0) is 30.4 Å². The van der Waals surface area contributed by atoms with Crippen LogP contribution in [0.15, 0.2) is 28.8 Å². The molecule has 0 saturated heterocycles. The zero-order chi connectivity index (χ0) is 15.3. The lowest BCUT2D eigenvalue weighted by molar-refractivity contribution is -0.121. The first-order chi connectivity index (χ1) is 10.0. The fourth-order valence-electron chi connectivity index (χ4n) is 2.25. The number of rotatable bonds is 7. The van der Waals surface area contributed by atoms with Crippen LogP contribution >= 0.6 is 11.6 Å². The lowest BCUT2D eigenvalue weighted by Crippen LogP contribution is -2.35. The average Bonchev–Trinajstić information content (AvgIpc) is 2.87. The summed E-state index contributed by atoms with van der Waals surface area (Å²) in [6.07, 6.45) is 2.19. The number of hydrogen-bond acceptors (Lipinski definition) is 3. The molecule has 1 amide bonds. The van der Waals surface area contributed by atoms with Crippen molar-refractivity contribution in [2.24, 2.45) is 5.41 Å². The molecule has 0 spiro atoms. The van der Waals surface area contributed by atoms with E-state index in [2.05, 4.69) is 24.3 Å². The summed E-state index contributed by atoms with van der Waals surface area (Å²) in [7, 11) is 0. The number of benzene rings is 1. The molecule has 1 aromatic heterocycles. The van der Waals surface area contributed by atoms with Crippen LogP contribution in [-0.4, -0.2) is 23.5 Å². The quantitative estimate of drug-likeness (QED) is 0.796. The van der Waals surface area contributed by atoms with E-state index in [1.54, 1.807) is 0 Å². The van der Waals surface area contributed by atoms with Crippen molar-refractivity contribution in [2.75, 3.05) is 12.4 Å². The second-order valence-corrected chi connectivity index (χ2v) is 6.41. The summed E-state index contributed by atoms with van der Waals surface area (Å²) in [6.45, 7) is 4.90. The van der Waals surface area contributed by atoms with E-state index in [1.807, 2.05) is 24.3 Å². The molecule has 4 nitrogen and oxygen atoms in total. The number of nitrogens with zero attached hydrogens (tertiary/aromatic N) is 1. The summed E-state index contributed by atoms with van der Waals surface area (Å²) in [5.41, 5.74) is 1.44. The van der Waals surface area contributed by atoms with Crippen molar-refractivity contribution in [1.29, 1.82) is 0 Å². The Morgan fingerprint density at radius 1 is 1.38 bits per heavy atom. The van der Waals surface area contributed by atoms with Gasteiger partial charge in [0.2, 0.25) is 5.91 Å². The van der Waals surface area contributed by atoms with Crippen LogP contribution in [0.3, 0.4) is 0 Å². The van der Waals surface area contributed by atoms with Crippen LogP contribution in [0.25, 0.3) is 11.0 Å². The molecule has 0 aliphatic carbocycles. The minimum Gasteiger partial charge on any atom is -0.356 e. The molecule has 114 valence electrons. The third kappa shape index (κ3) is 4.46. The maximum Gasteiger partial charge on any atom is 0.226 e. The second kappa shape index (κ2) is 6.94. The van der Waals surface area contributed by atoms with E-state index < -0.39 is 0 Å². The van der Waals surface area contributed by atoms with E-state index in [0.29, 0.717) is 23.7 Å². The molecule has 2 aromatic rings. The van der Waals surface area contributed by atoms with Gasteiger partial charge in [0.1, 0.15) is 5.69 Å². The Bertz CT molecular complexity index is 607. The Morgan fingerprint density at radius 2 is 2.14 bits per heavy atom. The normalized spacial score (nSPS) is 11.8. The van der Waals surface area contributed by atoms with Crippen LogP contribution in [0.5, 0.6) is 0 Å². The van der Waals surface area contributed by atoms with E-state index in [4.69, 9.17) is 16.1 Å². The van der Waals surface area contributed by atoms with Crippen molar-refractivity contribution in [3.8, 4) is 0 Å². The number of alkyl halides is 1. The number of nitrogens with one attached hydrogen (secondary N) is 1. The predicted molar refractivity (Wildman–Crippen MR) is 84.5 cm³/mol. The summed E-state index contributed by atoms with van der Waals surface area (Å²) in [5, 5.41) is 7.84. The molecule has 1 aromatic carbocycles. The topological polar surface area (TPSA) is 55.1 Å². The number of amides is 1. The number of hydrogen-bond donors (Lipinski definition) is 1. The van der Waals surface area contributed by atoms with Gasteiger partial charge in [-0.25, -0.2) is 0 Å². The van der Waals surface area contributed by atoms with Crippen LogP contribution in [0, 0.1) is 5.41 Å². The first-order valence-corrected chi connectivity index (χ1v) is 7.71. The third-order valence-electron chi connectivity index (χ3n) is 3.53. The summed E-state index contributed by atoms with van der Waals surface area (Å²) in [4.78, 5) is 12.1. The van der Waals surface area contributed by atoms with Gasteiger partial charge in [-0.15, -0.1) is 11.6 Å². The summed E-state index contributed by atoms with van der Waals surface area (Å²) < 4.78 is 5.20. The van der Waals surface area contributed by atoms with Crippen molar-refractivity contribution < 1.29 is 9.32 Å². The largest absolute Gasteiger partial charge is 0.356 e. The van der Waals surface area contributed by atoms with Crippen LogP contribution in [0.4, 0.5) is 0 Å². The lowest BCUT2D eigenvalue weighted by atomic mass is 9.88. The van der Waals surface area contributed by atoms with Crippen molar-refractivity contribution in [3.05, 3.63) is 30.0 Å². The van der Waals surface area contributed by atoms with Crippen molar-refractivity contribution in [1.82, 2.24) is 10.5 Å². The zero-order valence-electron chi connectivity index (χ0n) is 12.5. The van der Waals surface area contributed by atoms with Gasteiger partial charge in [0, 0.05) is 17.8 Å². The van der Waals surface area contributed by atoms with Crippen LogP contribution in [0.2, 0.25) is 0 Å². The Hall–Kier alpha value is -1.55. The summed E-state index contributed by atoms with van der Waals surface area (Å²) in [5.74, 6) is 0.621. The van der Waals surface area contributed by atoms with Crippen LogP contribution in [0.1, 0.15) is 32.4 Å². The predicted octanol–water partition coefficient (Wildman–Crippen LogP) is 3.53. The number of fused-ring (bicyclic) bond motifs is 1. The number of halogens is 1. The third-order valence-corrected chi connectivity index (χ3v) is 3.80. The number of carbonyl (C=O) groups excluding carboxylic acids is 1. The monoisotopic (exact) mass is 308 g/mol. The molecule has 1 heterocycles. The maximum absolute atomic E-state index is 12.1. The fourth-order valence-corrected chi connectivity index (χ4v) is 2.39. The Labute approximate surface area is 129 Å². The molecule has 0 unspecified atom stereocenters. The highest BCUT2D eigenvalue weighted by molar-refractivity contribution is 6.17. The van der Waals surface area contributed by atoms with Gasteiger partial charge in [-0.1, -0.05) is 31.1 Å². The molecule has 5 heteroatoms. The van der Waals surface area contributed by atoms with Gasteiger partial charge in [0.25, 0.3) is 0 Å². The molecule has 2 rings (SSSR count). The molecule has 0 atom stereocenters. The molecule has 0 aliphatic rings. The standard InChI is InChI=1S/C16H21ClN2O2/c1-16(2,8-5-9-17)11-18-15(20)10-13-12-6-3-4-7-14(12)21-19-13/h3-4,6-7H,5,8-11H2,1-2H3,(H,18,20). The van der Waals surface area contributed by atoms with Crippen molar-refractivity contribution in [3.63, 3.8) is 0 Å². The molecule has 0 fully saturated rings. The first-order valence-electron chi connectivity index (χ1n) is 7.18. The minimum absolute atomic E-state index is 0.0343. The highest BCUT2D eigenvalue weighted by atomic mass is 35.5. The Morgan fingerprint density at radius 3 is 2.90 bits per heavy atom. The van der Waals surface area contributed by atoms with E-state index >= 15 is 0 Å². The lowest BCUT2D eigenvalue weighted by Gasteiger charge is -2.24. The number of para-hydroxylation sites is 1. The molecule has 21 heavy (non-hydrogen) atoms. The summed E-state index contributed by atoms with van der Waals surface area (Å²) in [6, 6.07) is 7.56. The molecule has 0 aliphatic heterocycles. The van der Waals surface area contributed by atoms with Crippen molar-refractivity contribution >= 4 is 28.5 Å². The molecule has 0 radical (unpaired) electrons. The maximum atomic E-state index is 12.1. The van der Waals surface area contributed by atoms with Crippen LogP contribution < -0.4 is 5.32 Å². The highest BCUT2D eigenvalue weighted by Crippen LogP contribution is 2.22. The van der Waals surface area contributed by atoms with Gasteiger partial charge < -0.3 is 9.84 Å². The number of aromatic nitrogens is 1. The average molecular weight is 309 g/mol. The number of carbonyl (C=O) groups is 1. The molecular formula is C16H21ClN2O2. The first kappa shape index (κ1) is 15.8. The van der Waals surface area contributed by atoms with E-state index in [-0.39, 0.29) is 17.7 Å². The Kier molecular flexibility index (Phi) is 5.23. The molecule has 0 bridgehead atoms. The summed E-state index contributed by atoms with van der Waals surface area (Å²) >= 11 is 5.71. The van der Waals surface area contributed by atoms with Crippen LogP contribution in [-0.2, 0) is 11.2 Å². The smallest absolute Gasteiger partial charge is 0.226 e. The molecular weight excluding hydrogens is 288 g/mol. The second-order valence-electron chi connectivity index (χ2n) is 6.04. The molecule has 1 N–H and O–H groups in total. The zero-order valence-corrected chi connectivity index (χ0v) is 13.2. The van der Waals surface area contributed by atoms with Gasteiger partial charge in [0.15, 0.2) is 5.58 Å². The minimum atomic E-state index is -0.0343. The van der Waals surface area contributed by atoms with E-state index in [9.17, 15) is 4.79 Å². The van der Waals surface area contributed by atoms with E-state index in [0.717, 1.165) is 18.2 Å². The van der Waals surface area contributed by atoms with Gasteiger partial charge in [-0.3, -0.25) is 4.79 Å². The van der Waals surface area contributed by atoms with Gasteiger partial charge >= 0.3 is 0 Å². The molecule has 0 saturated carbocycles. The highest BCUT2D eigenvalue weighted by Gasteiger charge is 2.19. The van der Waals surface area contributed by atoms with Crippen molar-refractivity contribution in [2.45, 2.75) is 33.1 Å². The Balaban J connectivity index is 1.90.